The summed E-state index contributed by atoms with van der Waals surface area (Å²) in [6.45, 7) is 3.15. The summed E-state index contributed by atoms with van der Waals surface area (Å²) in [6.07, 6.45) is 6.75. The van der Waals surface area contributed by atoms with Gasteiger partial charge in [0.15, 0.2) is 0 Å². The second-order valence-electron chi connectivity index (χ2n) is 6.01. The molecule has 0 bridgehead atoms. The predicted molar refractivity (Wildman–Crippen MR) is 81.5 cm³/mol. The molecule has 2 heterocycles. The molecule has 2 fully saturated rings. The van der Waals surface area contributed by atoms with Crippen LogP contribution in [0.1, 0.15) is 36.0 Å². The summed E-state index contributed by atoms with van der Waals surface area (Å²) in [4.78, 5) is 18.2. The number of ether oxygens (including phenoxy) is 1. The molecule has 2 aliphatic rings. The lowest BCUT2D eigenvalue weighted by molar-refractivity contribution is 0.0600. The summed E-state index contributed by atoms with van der Waals surface area (Å²) >= 11 is 0. The molecule has 1 saturated heterocycles. The number of carbonyl (C=O) groups is 1. The van der Waals surface area contributed by atoms with Crippen LogP contribution < -0.4 is 10.2 Å². The first-order chi connectivity index (χ1) is 10.3. The van der Waals surface area contributed by atoms with Gasteiger partial charge in [-0.05, 0) is 50.3 Å². The number of pyridine rings is 1. The van der Waals surface area contributed by atoms with Crippen molar-refractivity contribution in [1.29, 1.82) is 0 Å². The molecule has 0 spiro atoms. The number of aromatic nitrogens is 1. The average molecular weight is 289 g/mol. The van der Waals surface area contributed by atoms with Crippen LogP contribution in [0.2, 0.25) is 0 Å². The molecule has 5 heteroatoms. The van der Waals surface area contributed by atoms with Gasteiger partial charge in [-0.15, -0.1) is 0 Å². The SMILES string of the molecule is COC(=O)c1ccnc(N2CCC(NCC3CC3)CC2)c1. The van der Waals surface area contributed by atoms with Crippen molar-refractivity contribution < 1.29 is 9.53 Å². The topological polar surface area (TPSA) is 54.5 Å². The molecule has 114 valence electrons. The van der Waals surface area contributed by atoms with Gasteiger partial charge in [-0.1, -0.05) is 0 Å². The van der Waals surface area contributed by atoms with Gasteiger partial charge in [0.25, 0.3) is 0 Å². The van der Waals surface area contributed by atoms with Gasteiger partial charge in [-0.25, -0.2) is 9.78 Å². The number of carbonyl (C=O) groups excluding carboxylic acids is 1. The van der Waals surface area contributed by atoms with Gasteiger partial charge in [-0.2, -0.15) is 0 Å². The molecule has 0 amide bonds. The van der Waals surface area contributed by atoms with E-state index < -0.39 is 0 Å². The van der Waals surface area contributed by atoms with Crippen LogP contribution in [0, 0.1) is 5.92 Å². The second kappa shape index (κ2) is 6.43. The fraction of sp³-hybridized carbons (Fsp3) is 0.625. The molecule has 1 aromatic rings. The van der Waals surface area contributed by atoms with Gasteiger partial charge in [-0.3, -0.25) is 0 Å². The maximum absolute atomic E-state index is 11.6. The number of nitrogens with zero attached hydrogens (tertiary/aromatic N) is 2. The van der Waals surface area contributed by atoms with E-state index in [0.717, 1.165) is 37.7 Å². The Bertz CT molecular complexity index is 494. The predicted octanol–water partition coefficient (Wildman–Crippen LogP) is 1.84. The summed E-state index contributed by atoms with van der Waals surface area (Å²) in [7, 11) is 1.40. The van der Waals surface area contributed by atoms with E-state index in [0.29, 0.717) is 11.6 Å². The Kier molecular flexibility index (Phi) is 4.39. The number of rotatable bonds is 5. The molecule has 0 unspecified atom stereocenters. The molecular formula is C16H23N3O2. The molecule has 1 aliphatic heterocycles. The van der Waals surface area contributed by atoms with Crippen molar-refractivity contribution in [2.75, 3.05) is 31.6 Å². The monoisotopic (exact) mass is 289 g/mol. The fourth-order valence-corrected chi connectivity index (χ4v) is 2.80. The minimum absolute atomic E-state index is 0.306. The van der Waals surface area contributed by atoms with Crippen molar-refractivity contribution in [3.8, 4) is 0 Å². The third-order valence-corrected chi connectivity index (χ3v) is 4.38. The van der Waals surface area contributed by atoms with Gasteiger partial charge >= 0.3 is 5.97 Å². The molecule has 3 rings (SSSR count). The van der Waals surface area contributed by atoms with Crippen LogP contribution in [0.15, 0.2) is 18.3 Å². The molecule has 0 atom stereocenters. The van der Waals surface area contributed by atoms with E-state index in [1.54, 1.807) is 12.3 Å². The lowest BCUT2D eigenvalue weighted by Crippen LogP contribution is -2.43. The van der Waals surface area contributed by atoms with Crippen molar-refractivity contribution in [3.63, 3.8) is 0 Å². The first-order valence-corrected chi connectivity index (χ1v) is 7.79. The number of nitrogens with one attached hydrogen (secondary N) is 1. The number of methoxy groups -OCH3 is 1. The van der Waals surface area contributed by atoms with Crippen LogP contribution in [0.5, 0.6) is 0 Å². The molecule has 1 aliphatic carbocycles. The Hall–Kier alpha value is -1.62. The Morgan fingerprint density at radius 2 is 2.14 bits per heavy atom. The first-order valence-electron chi connectivity index (χ1n) is 7.79. The minimum atomic E-state index is -0.306. The molecule has 1 N–H and O–H groups in total. The van der Waals surface area contributed by atoms with Crippen molar-refractivity contribution in [2.24, 2.45) is 5.92 Å². The fourth-order valence-electron chi connectivity index (χ4n) is 2.80. The summed E-state index contributed by atoms with van der Waals surface area (Å²) in [5.41, 5.74) is 0.566. The number of piperidine rings is 1. The zero-order valence-corrected chi connectivity index (χ0v) is 12.5. The third kappa shape index (κ3) is 3.73. The van der Waals surface area contributed by atoms with Gasteiger partial charge in [0.2, 0.25) is 0 Å². The minimum Gasteiger partial charge on any atom is -0.465 e. The second-order valence-corrected chi connectivity index (χ2v) is 6.01. The van der Waals surface area contributed by atoms with E-state index in [1.165, 1.54) is 26.5 Å². The van der Waals surface area contributed by atoms with Crippen LogP contribution in [0.4, 0.5) is 5.82 Å². The molecule has 5 nitrogen and oxygen atoms in total. The highest BCUT2D eigenvalue weighted by Crippen LogP contribution is 2.28. The smallest absolute Gasteiger partial charge is 0.338 e. The lowest BCUT2D eigenvalue weighted by Gasteiger charge is -2.33. The largest absolute Gasteiger partial charge is 0.465 e. The number of anilines is 1. The van der Waals surface area contributed by atoms with E-state index in [9.17, 15) is 4.79 Å². The van der Waals surface area contributed by atoms with Crippen LogP contribution >= 0.6 is 0 Å². The summed E-state index contributed by atoms with van der Waals surface area (Å²) in [5.74, 6) is 1.50. The summed E-state index contributed by atoms with van der Waals surface area (Å²) in [6, 6.07) is 4.15. The maximum Gasteiger partial charge on any atom is 0.338 e. The quantitative estimate of drug-likeness (QED) is 0.838. The zero-order valence-electron chi connectivity index (χ0n) is 12.5. The number of hydrogen-bond donors (Lipinski definition) is 1. The third-order valence-electron chi connectivity index (χ3n) is 4.38. The molecule has 1 aromatic heterocycles. The number of esters is 1. The van der Waals surface area contributed by atoms with Gasteiger partial charge in [0.05, 0.1) is 12.7 Å². The lowest BCUT2D eigenvalue weighted by atomic mass is 10.0. The number of hydrogen-bond acceptors (Lipinski definition) is 5. The normalized spacial score (nSPS) is 19.6. The maximum atomic E-state index is 11.6. The van der Waals surface area contributed by atoms with E-state index >= 15 is 0 Å². The summed E-state index contributed by atoms with van der Waals surface area (Å²) in [5, 5.41) is 3.67. The molecular weight excluding hydrogens is 266 g/mol. The van der Waals surface area contributed by atoms with Crippen molar-refractivity contribution >= 4 is 11.8 Å². The van der Waals surface area contributed by atoms with E-state index in [1.807, 2.05) is 6.07 Å². The highest BCUT2D eigenvalue weighted by Gasteiger charge is 2.25. The van der Waals surface area contributed by atoms with Crippen LogP contribution in [0.3, 0.4) is 0 Å². The van der Waals surface area contributed by atoms with Gasteiger partial charge < -0.3 is 15.0 Å². The molecule has 0 aromatic carbocycles. The zero-order chi connectivity index (χ0) is 14.7. The molecule has 21 heavy (non-hydrogen) atoms. The van der Waals surface area contributed by atoms with Crippen molar-refractivity contribution in [1.82, 2.24) is 10.3 Å². The van der Waals surface area contributed by atoms with Crippen molar-refractivity contribution in [2.45, 2.75) is 31.7 Å². The Morgan fingerprint density at radius 1 is 1.38 bits per heavy atom. The van der Waals surface area contributed by atoms with E-state index in [4.69, 9.17) is 4.74 Å². The first kappa shape index (κ1) is 14.3. The Labute approximate surface area is 125 Å². The van der Waals surface area contributed by atoms with Crippen LogP contribution in [-0.2, 0) is 4.74 Å². The van der Waals surface area contributed by atoms with E-state index in [2.05, 4.69) is 15.2 Å². The van der Waals surface area contributed by atoms with Crippen LogP contribution in [-0.4, -0.2) is 43.7 Å². The summed E-state index contributed by atoms with van der Waals surface area (Å²) < 4.78 is 4.76. The Balaban J connectivity index is 1.54. The van der Waals surface area contributed by atoms with E-state index in [-0.39, 0.29) is 5.97 Å². The standard InChI is InChI=1S/C16H23N3O2/c1-21-16(20)13-4-7-17-15(10-13)19-8-5-14(6-9-19)18-11-12-2-3-12/h4,7,10,12,14,18H,2-3,5-6,8-9,11H2,1H3. The highest BCUT2D eigenvalue weighted by atomic mass is 16.5. The van der Waals surface area contributed by atoms with Crippen LogP contribution in [0.25, 0.3) is 0 Å². The van der Waals surface area contributed by atoms with Gasteiger partial charge in [0, 0.05) is 25.3 Å². The Morgan fingerprint density at radius 3 is 2.81 bits per heavy atom. The average Bonchev–Trinajstić information content (AvgIpc) is 3.37. The molecule has 1 saturated carbocycles. The molecule has 0 radical (unpaired) electrons. The van der Waals surface area contributed by atoms with Gasteiger partial charge in [0.1, 0.15) is 5.82 Å². The van der Waals surface area contributed by atoms with Crippen molar-refractivity contribution in [3.05, 3.63) is 23.9 Å². The highest BCUT2D eigenvalue weighted by molar-refractivity contribution is 5.90.